The lowest BCUT2D eigenvalue weighted by Gasteiger charge is -2.05. The molecule has 2 aromatic heterocycles. The number of anilines is 1. The maximum atomic E-state index is 12.9. The molecule has 152 valence electrons. The third-order valence-electron chi connectivity index (χ3n) is 4.07. The Balaban J connectivity index is 1.32. The number of ether oxygens (including phenoxy) is 1. The molecular formula is C20H16ClFN6O2. The van der Waals surface area contributed by atoms with Crippen LogP contribution in [-0.4, -0.2) is 30.5 Å². The van der Waals surface area contributed by atoms with E-state index >= 15 is 0 Å². The van der Waals surface area contributed by atoms with Crippen molar-refractivity contribution in [3.63, 3.8) is 0 Å². The number of amides is 1. The van der Waals surface area contributed by atoms with Crippen LogP contribution >= 0.6 is 11.6 Å². The zero-order valence-electron chi connectivity index (χ0n) is 15.6. The Morgan fingerprint density at radius 1 is 1.03 bits per heavy atom. The normalized spacial score (nSPS) is 10.7. The van der Waals surface area contributed by atoms with Crippen molar-refractivity contribution in [1.29, 1.82) is 0 Å². The Hall–Kier alpha value is -3.72. The molecule has 0 saturated carbocycles. The summed E-state index contributed by atoms with van der Waals surface area (Å²) in [5.74, 6) is -0.121. The molecule has 0 aliphatic heterocycles. The second-order valence-electron chi connectivity index (χ2n) is 6.31. The van der Waals surface area contributed by atoms with Crippen molar-refractivity contribution >= 4 is 23.5 Å². The molecule has 8 nitrogen and oxygen atoms in total. The molecular weight excluding hydrogens is 411 g/mol. The third-order valence-corrected chi connectivity index (χ3v) is 4.32. The quantitative estimate of drug-likeness (QED) is 0.488. The highest BCUT2D eigenvalue weighted by Gasteiger charge is 2.12. The summed E-state index contributed by atoms with van der Waals surface area (Å²) in [5, 5.41) is 11.7. The predicted molar refractivity (Wildman–Crippen MR) is 108 cm³/mol. The fraction of sp³-hybridized carbons (Fsp3) is 0.100. The molecule has 0 atom stereocenters. The molecule has 30 heavy (non-hydrogen) atoms. The molecule has 0 radical (unpaired) electrons. The number of hydrogen-bond donors (Lipinski definition) is 1. The largest absolute Gasteiger partial charge is 0.471 e. The van der Waals surface area contributed by atoms with Crippen LogP contribution in [0.25, 0.3) is 0 Å². The van der Waals surface area contributed by atoms with E-state index in [2.05, 4.69) is 20.5 Å². The molecule has 2 aromatic carbocycles. The number of nitrogens with zero attached hydrogens (tertiary/aromatic N) is 5. The van der Waals surface area contributed by atoms with Crippen molar-refractivity contribution in [3.8, 4) is 5.75 Å². The lowest BCUT2D eigenvalue weighted by atomic mass is 10.2. The predicted octanol–water partition coefficient (Wildman–Crippen LogP) is 3.60. The monoisotopic (exact) mass is 426 g/mol. The van der Waals surface area contributed by atoms with Gasteiger partial charge < -0.3 is 4.74 Å². The van der Waals surface area contributed by atoms with Crippen molar-refractivity contribution in [1.82, 2.24) is 24.5 Å². The minimum atomic E-state index is -0.445. The van der Waals surface area contributed by atoms with Gasteiger partial charge in [0, 0.05) is 11.2 Å². The molecule has 4 aromatic rings. The van der Waals surface area contributed by atoms with Gasteiger partial charge >= 0.3 is 0 Å². The van der Waals surface area contributed by atoms with Gasteiger partial charge in [0.2, 0.25) is 5.95 Å². The van der Waals surface area contributed by atoms with Crippen molar-refractivity contribution in [2.45, 2.75) is 13.3 Å². The third kappa shape index (κ3) is 5.00. The number of aromatic nitrogens is 5. The molecule has 0 saturated heterocycles. The summed E-state index contributed by atoms with van der Waals surface area (Å²) in [7, 11) is 0. The van der Waals surface area contributed by atoms with Crippen LogP contribution in [0.5, 0.6) is 5.75 Å². The van der Waals surface area contributed by atoms with Crippen molar-refractivity contribution in [2.75, 3.05) is 5.32 Å². The van der Waals surface area contributed by atoms with E-state index in [9.17, 15) is 9.18 Å². The maximum Gasteiger partial charge on any atom is 0.278 e. The van der Waals surface area contributed by atoms with Gasteiger partial charge in [0.15, 0.2) is 12.4 Å². The molecule has 0 aliphatic rings. The molecule has 0 spiro atoms. The summed E-state index contributed by atoms with van der Waals surface area (Å²) in [6.45, 7) is 0.572. The standard InChI is InChI=1S/C20H16ClFN6O2/c21-15-3-1-14(2-4-15)11-28-12-23-20(26-28)24-19(29)18-9-10-27(25-18)13-30-17-7-5-16(22)6-8-17/h1-10,12H,11,13H2,(H,24,26,29). The smallest absolute Gasteiger partial charge is 0.278 e. The number of hydrogen-bond acceptors (Lipinski definition) is 5. The highest BCUT2D eigenvalue weighted by atomic mass is 35.5. The van der Waals surface area contributed by atoms with Crippen LogP contribution in [0.3, 0.4) is 0 Å². The fourth-order valence-electron chi connectivity index (χ4n) is 2.60. The zero-order valence-corrected chi connectivity index (χ0v) is 16.3. The zero-order chi connectivity index (χ0) is 20.9. The minimum Gasteiger partial charge on any atom is -0.471 e. The van der Waals surface area contributed by atoms with E-state index in [1.54, 1.807) is 29.1 Å². The summed E-state index contributed by atoms with van der Waals surface area (Å²) in [6.07, 6.45) is 3.13. The first-order valence-electron chi connectivity index (χ1n) is 8.92. The molecule has 0 fully saturated rings. The molecule has 0 bridgehead atoms. The van der Waals surface area contributed by atoms with Gasteiger partial charge in [0.1, 0.15) is 17.9 Å². The first kappa shape index (κ1) is 19.6. The van der Waals surface area contributed by atoms with Gasteiger partial charge in [-0.05, 0) is 48.0 Å². The van der Waals surface area contributed by atoms with Crippen LogP contribution in [0.1, 0.15) is 16.1 Å². The molecule has 0 aliphatic carbocycles. The highest BCUT2D eigenvalue weighted by Crippen LogP contribution is 2.12. The molecule has 0 unspecified atom stereocenters. The van der Waals surface area contributed by atoms with E-state index in [1.807, 2.05) is 12.1 Å². The Bertz CT molecular complexity index is 1140. The number of halogens is 2. The molecule has 4 rings (SSSR count). The van der Waals surface area contributed by atoms with Crippen molar-refractivity contribution in [2.24, 2.45) is 0 Å². The Morgan fingerprint density at radius 2 is 1.80 bits per heavy atom. The van der Waals surface area contributed by atoms with Gasteiger partial charge in [0.25, 0.3) is 5.91 Å². The Labute approximate surface area is 175 Å². The topological polar surface area (TPSA) is 86.9 Å². The van der Waals surface area contributed by atoms with Gasteiger partial charge in [-0.1, -0.05) is 23.7 Å². The van der Waals surface area contributed by atoms with E-state index in [0.29, 0.717) is 17.3 Å². The molecule has 1 N–H and O–H groups in total. The minimum absolute atomic E-state index is 0.0763. The average Bonchev–Trinajstić information content (AvgIpc) is 3.39. The highest BCUT2D eigenvalue weighted by molar-refractivity contribution is 6.30. The van der Waals surface area contributed by atoms with Gasteiger partial charge in [-0.15, -0.1) is 5.10 Å². The van der Waals surface area contributed by atoms with Crippen LogP contribution < -0.4 is 10.1 Å². The molecule has 10 heteroatoms. The maximum absolute atomic E-state index is 12.9. The Morgan fingerprint density at radius 3 is 2.57 bits per heavy atom. The van der Waals surface area contributed by atoms with Crippen LogP contribution in [0.2, 0.25) is 5.02 Å². The fourth-order valence-corrected chi connectivity index (χ4v) is 2.72. The Kier molecular flexibility index (Phi) is 5.71. The van der Waals surface area contributed by atoms with Crippen LogP contribution in [-0.2, 0) is 13.3 Å². The summed E-state index contributed by atoms with van der Waals surface area (Å²) in [6, 6.07) is 14.6. The average molecular weight is 427 g/mol. The summed E-state index contributed by atoms with van der Waals surface area (Å²) in [4.78, 5) is 16.5. The first-order chi connectivity index (χ1) is 14.5. The van der Waals surface area contributed by atoms with Crippen LogP contribution in [0.4, 0.5) is 10.3 Å². The first-order valence-corrected chi connectivity index (χ1v) is 9.30. The second kappa shape index (κ2) is 8.75. The van der Waals surface area contributed by atoms with E-state index in [-0.39, 0.29) is 24.2 Å². The van der Waals surface area contributed by atoms with Crippen molar-refractivity contribution in [3.05, 3.63) is 89.2 Å². The van der Waals surface area contributed by atoms with Gasteiger partial charge in [-0.25, -0.2) is 18.7 Å². The summed E-state index contributed by atoms with van der Waals surface area (Å²) >= 11 is 5.88. The SMILES string of the molecule is O=C(Nc1ncn(Cc2ccc(Cl)cc2)n1)c1ccn(COc2ccc(F)cc2)n1. The number of carbonyl (C=O) groups excluding carboxylic acids is 1. The number of nitrogens with one attached hydrogen (secondary N) is 1. The van der Waals surface area contributed by atoms with Crippen molar-refractivity contribution < 1.29 is 13.9 Å². The lowest BCUT2D eigenvalue weighted by molar-refractivity contribution is 0.101. The number of carbonyl (C=O) groups is 1. The van der Waals surface area contributed by atoms with Crippen LogP contribution in [0, 0.1) is 5.82 Å². The number of rotatable bonds is 7. The summed E-state index contributed by atoms with van der Waals surface area (Å²) in [5.41, 5.74) is 1.19. The van der Waals surface area contributed by atoms with E-state index in [4.69, 9.17) is 16.3 Å². The van der Waals surface area contributed by atoms with Crippen LogP contribution in [0.15, 0.2) is 67.1 Å². The van der Waals surface area contributed by atoms with Gasteiger partial charge in [-0.2, -0.15) is 5.10 Å². The van der Waals surface area contributed by atoms with E-state index in [0.717, 1.165) is 5.56 Å². The molecule has 1 amide bonds. The van der Waals surface area contributed by atoms with Gasteiger partial charge in [0.05, 0.1) is 6.54 Å². The second-order valence-corrected chi connectivity index (χ2v) is 6.75. The van der Waals surface area contributed by atoms with E-state index < -0.39 is 5.91 Å². The van der Waals surface area contributed by atoms with Gasteiger partial charge in [-0.3, -0.25) is 10.1 Å². The molecule has 2 heterocycles. The van der Waals surface area contributed by atoms with E-state index in [1.165, 1.54) is 35.3 Å². The lowest BCUT2D eigenvalue weighted by Crippen LogP contribution is -2.15. The number of benzene rings is 2. The summed E-state index contributed by atoms with van der Waals surface area (Å²) < 4.78 is 21.5.